The lowest BCUT2D eigenvalue weighted by molar-refractivity contribution is -0.671. The molecule has 4 heteroatoms. The van der Waals surface area contributed by atoms with Crippen LogP contribution in [-0.2, 0) is 11.3 Å². The summed E-state index contributed by atoms with van der Waals surface area (Å²) in [4.78, 5) is 15.3. The highest BCUT2D eigenvalue weighted by Gasteiger charge is 2.27. The number of unbranched alkanes of at least 4 members (excludes halogenated alkanes) is 2. The van der Waals surface area contributed by atoms with E-state index >= 15 is 0 Å². The van der Waals surface area contributed by atoms with E-state index in [4.69, 9.17) is 0 Å². The van der Waals surface area contributed by atoms with Crippen molar-refractivity contribution in [3.63, 3.8) is 0 Å². The van der Waals surface area contributed by atoms with Crippen molar-refractivity contribution >= 4 is 34.0 Å². The largest absolute Gasteiger partial charge is 0.871 e. The van der Waals surface area contributed by atoms with Crippen molar-refractivity contribution in [2.45, 2.75) is 46.1 Å². The Kier molecular flexibility index (Phi) is 6.86. The monoisotopic (exact) mass is 476 g/mol. The third kappa shape index (κ3) is 4.39. The van der Waals surface area contributed by atoms with E-state index in [-0.39, 0.29) is 22.7 Å². The van der Waals surface area contributed by atoms with Gasteiger partial charge in [0.25, 0.3) is 0 Å². The fourth-order valence-electron chi connectivity index (χ4n) is 4.92. The number of aromatic nitrogens is 1. The summed E-state index contributed by atoms with van der Waals surface area (Å²) in [6, 6.07) is 18.3. The SMILES string of the molecule is CCCCN1C=C/C(=C\C2=C([O-])C(=C/c3cc[n+](CCCC)c4ccccc34)/C2=O)c2ccccc21. The number of rotatable bonds is 8. The number of nitrogens with zero attached hydrogens (tertiary/aromatic N) is 2. The van der Waals surface area contributed by atoms with Gasteiger partial charge in [0.15, 0.2) is 12.0 Å². The number of ketones is 1. The molecular weight excluding hydrogens is 444 g/mol. The highest BCUT2D eigenvalue weighted by Crippen LogP contribution is 2.37. The van der Waals surface area contributed by atoms with Crippen LogP contribution in [-0.4, -0.2) is 12.3 Å². The maximum Gasteiger partial charge on any atom is 0.213 e. The molecule has 0 spiro atoms. The van der Waals surface area contributed by atoms with Crippen LogP contribution >= 0.6 is 0 Å². The average Bonchev–Trinajstić information content (AvgIpc) is 2.92. The molecule has 0 unspecified atom stereocenters. The normalized spacial score (nSPS) is 17.3. The Morgan fingerprint density at radius 1 is 0.944 bits per heavy atom. The van der Waals surface area contributed by atoms with Gasteiger partial charge in [0.1, 0.15) is 6.54 Å². The van der Waals surface area contributed by atoms with Crippen LogP contribution in [0.2, 0.25) is 0 Å². The summed E-state index contributed by atoms with van der Waals surface area (Å²) in [7, 11) is 0. The molecule has 3 aromatic rings. The molecule has 0 saturated heterocycles. The van der Waals surface area contributed by atoms with Crippen molar-refractivity contribution < 1.29 is 14.5 Å². The first-order valence-electron chi connectivity index (χ1n) is 13.0. The van der Waals surface area contributed by atoms with Crippen molar-refractivity contribution in [2.75, 3.05) is 11.4 Å². The second-order valence-corrected chi connectivity index (χ2v) is 9.44. The topological polar surface area (TPSA) is 47.2 Å². The molecule has 2 aliphatic rings. The van der Waals surface area contributed by atoms with Crippen LogP contribution in [0, 0.1) is 0 Å². The second-order valence-electron chi connectivity index (χ2n) is 9.44. The summed E-state index contributed by atoms with van der Waals surface area (Å²) in [5.74, 6) is -0.364. The number of pyridine rings is 1. The number of anilines is 1. The average molecular weight is 477 g/mol. The van der Waals surface area contributed by atoms with Gasteiger partial charge in [-0.25, -0.2) is 0 Å². The van der Waals surface area contributed by atoms with E-state index in [2.05, 4.69) is 60.0 Å². The van der Waals surface area contributed by atoms with Crippen molar-refractivity contribution in [2.24, 2.45) is 0 Å². The van der Waals surface area contributed by atoms with Gasteiger partial charge in [0, 0.05) is 53.7 Å². The van der Waals surface area contributed by atoms with Gasteiger partial charge in [-0.3, -0.25) is 4.79 Å². The summed E-state index contributed by atoms with van der Waals surface area (Å²) >= 11 is 0. The molecule has 2 aromatic carbocycles. The van der Waals surface area contributed by atoms with E-state index < -0.39 is 0 Å². The maximum absolute atomic E-state index is 13.1. The minimum Gasteiger partial charge on any atom is -0.871 e. The zero-order valence-electron chi connectivity index (χ0n) is 21.0. The third-order valence-electron chi connectivity index (χ3n) is 7.00. The Hall–Kier alpha value is -3.92. The Bertz CT molecular complexity index is 1440. The number of hydrogen-bond donors (Lipinski definition) is 0. The molecular formula is C32H32N2O2. The number of para-hydroxylation sites is 2. The van der Waals surface area contributed by atoms with Crippen molar-refractivity contribution in [1.82, 2.24) is 0 Å². The zero-order chi connectivity index (χ0) is 25.1. The first-order chi connectivity index (χ1) is 17.6. The van der Waals surface area contributed by atoms with Gasteiger partial charge < -0.3 is 10.0 Å². The Balaban J connectivity index is 1.48. The Labute approximate surface area is 213 Å². The fourth-order valence-corrected chi connectivity index (χ4v) is 4.92. The van der Waals surface area contributed by atoms with Gasteiger partial charge in [-0.2, -0.15) is 4.57 Å². The van der Waals surface area contributed by atoms with Crippen molar-refractivity contribution in [3.05, 3.63) is 107 Å². The molecule has 0 fully saturated rings. The summed E-state index contributed by atoms with van der Waals surface area (Å²) in [6.45, 7) is 6.26. The number of carbonyl (C=O) groups is 1. The van der Waals surface area contributed by atoms with Crippen LogP contribution < -0.4 is 14.6 Å². The van der Waals surface area contributed by atoms with Gasteiger partial charge in [0.05, 0.1) is 5.39 Å². The highest BCUT2D eigenvalue weighted by molar-refractivity contribution is 6.24. The molecule has 0 radical (unpaired) electrons. The van der Waals surface area contributed by atoms with E-state index in [1.165, 1.54) is 0 Å². The number of hydrogen-bond acceptors (Lipinski definition) is 3. The molecule has 0 bridgehead atoms. The summed E-state index contributed by atoms with van der Waals surface area (Å²) in [5, 5.41) is 14.2. The first kappa shape index (κ1) is 23.8. The molecule has 0 atom stereocenters. The van der Waals surface area contributed by atoms with Crippen LogP contribution in [0.15, 0.2) is 96.1 Å². The highest BCUT2D eigenvalue weighted by atomic mass is 16.3. The lowest BCUT2D eigenvalue weighted by Crippen LogP contribution is -2.34. The molecule has 1 aliphatic carbocycles. The lowest BCUT2D eigenvalue weighted by atomic mass is 9.84. The van der Waals surface area contributed by atoms with E-state index in [0.717, 1.165) is 72.1 Å². The smallest absolute Gasteiger partial charge is 0.213 e. The quantitative estimate of drug-likeness (QED) is 0.308. The first-order valence-corrected chi connectivity index (χ1v) is 13.0. The van der Waals surface area contributed by atoms with Crippen molar-refractivity contribution in [3.8, 4) is 0 Å². The second kappa shape index (κ2) is 10.4. The van der Waals surface area contributed by atoms with Gasteiger partial charge in [-0.05, 0) is 47.9 Å². The number of Topliss-reactive ketones (excluding diaryl/α,β-unsaturated/α-hetero) is 1. The number of benzene rings is 2. The van der Waals surface area contributed by atoms with Gasteiger partial charge in [-0.1, -0.05) is 62.8 Å². The van der Waals surface area contributed by atoms with Gasteiger partial charge in [-0.15, -0.1) is 0 Å². The minimum atomic E-state index is -0.182. The standard InChI is InChI=1S/C32H32N2O2/c1-3-5-17-33-19-15-23(25-11-7-9-13-29(25)33)21-27-31(35)28(32(27)36)22-24-16-20-34(18-6-4-2)30-14-10-8-12-26(24)30/h7-16,19-22H,3-6,17-18H2,1-2H3. The van der Waals surface area contributed by atoms with Crippen LogP contribution in [0.5, 0.6) is 0 Å². The molecule has 4 nitrogen and oxygen atoms in total. The van der Waals surface area contributed by atoms with Gasteiger partial charge >= 0.3 is 0 Å². The summed E-state index contributed by atoms with van der Waals surface area (Å²) in [5.41, 5.74) is 5.59. The fraction of sp³-hybridized carbons (Fsp3) is 0.250. The van der Waals surface area contributed by atoms with E-state index in [0.29, 0.717) is 0 Å². The summed E-state index contributed by atoms with van der Waals surface area (Å²) < 4.78 is 2.24. The molecule has 182 valence electrons. The van der Waals surface area contributed by atoms with Crippen LogP contribution in [0.3, 0.4) is 0 Å². The van der Waals surface area contributed by atoms with E-state index in [1.54, 1.807) is 12.2 Å². The van der Waals surface area contributed by atoms with E-state index in [9.17, 15) is 9.90 Å². The van der Waals surface area contributed by atoms with Crippen LogP contribution in [0.1, 0.15) is 50.7 Å². The molecule has 0 amide bonds. The predicted molar refractivity (Wildman–Crippen MR) is 145 cm³/mol. The predicted octanol–water partition coefficient (Wildman–Crippen LogP) is 5.73. The van der Waals surface area contributed by atoms with Crippen LogP contribution in [0.4, 0.5) is 5.69 Å². The molecule has 5 rings (SSSR count). The minimum absolute atomic E-state index is 0.182. The molecule has 2 heterocycles. The number of aryl methyl sites for hydroxylation is 1. The third-order valence-corrected chi connectivity index (χ3v) is 7.00. The molecule has 0 N–H and O–H groups in total. The molecule has 0 saturated carbocycles. The number of fused-ring (bicyclic) bond motifs is 2. The Morgan fingerprint density at radius 2 is 1.72 bits per heavy atom. The Morgan fingerprint density at radius 3 is 2.53 bits per heavy atom. The molecule has 36 heavy (non-hydrogen) atoms. The maximum atomic E-state index is 13.1. The number of carbonyl (C=O) groups excluding carboxylic acids is 1. The lowest BCUT2D eigenvalue weighted by Gasteiger charge is -2.31. The van der Waals surface area contributed by atoms with Crippen molar-refractivity contribution in [1.29, 1.82) is 0 Å². The zero-order valence-corrected chi connectivity index (χ0v) is 21.0. The summed E-state index contributed by atoms with van der Waals surface area (Å²) in [6.07, 6.45) is 14.1. The molecule has 1 aromatic heterocycles. The van der Waals surface area contributed by atoms with Gasteiger partial charge in [0.2, 0.25) is 5.52 Å². The number of allylic oxidation sites excluding steroid dienone is 5. The molecule has 1 aliphatic heterocycles. The van der Waals surface area contributed by atoms with E-state index in [1.807, 2.05) is 36.4 Å². The van der Waals surface area contributed by atoms with Crippen LogP contribution in [0.25, 0.3) is 22.6 Å².